The molecule has 1 heterocycles. The first-order chi connectivity index (χ1) is 8.83. The van der Waals surface area contributed by atoms with Crippen LogP contribution >= 0.6 is 0 Å². The van der Waals surface area contributed by atoms with E-state index in [9.17, 15) is 0 Å². The van der Waals surface area contributed by atoms with Crippen molar-refractivity contribution < 1.29 is 4.74 Å². The maximum absolute atomic E-state index is 5.65. The lowest BCUT2D eigenvalue weighted by Crippen LogP contribution is -2.08. The van der Waals surface area contributed by atoms with Crippen molar-refractivity contribution in [2.24, 2.45) is 0 Å². The van der Waals surface area contributed by atoms with Gasteiger partial charge in [0, 0.05) is 19.3 Å². The van der Waals surface area contributed by atoms with Crippen molar-refractivity contribution in [3.05, 3.63) is 30.1 Å². The van der Waals surface area contributed by atoms with E-state index in [1.54, 1.807) is 4.68 Å². The van der Waals surface area contributed by atoms with E-state index < -0.39 is 0 Å². The molecule has 0 saturated heterocycles. The third-order valence-corrected chi connectivity index (χ3v) is 2.55. The fraction of sp³-hybridized carbons (Fsp3) is 0.417. The van der Waals surface area contributed by atoms with E-state index in [4.69, 9.17) is 4.74 Å². The lowest BCUT2D eigenvalue weighted by Gasteiger charge is -2.07. The highest BCUT2D eigenvalue weighted by atomic mass is 16.5. The van der Waals surface area contributed by atoms with Crippen LogP contribution in [0.4, 0.5) is 5.69 Å². The molecule has 0 aliphatic carbocycles. The second-order valence-corrected chi connectivity index (χ2v) is 3.88. The number of nitrogens with zero attached hydrogens (tertiary/aromatic N) is 4. The van der Waals surface area contributed by atoms with Gasteiger partial charge in [0.1, 0.15) is 12.4 Å². The molecule has 6 nitrogen and oxygen atoms in total. The van der Waals surface area contributed by atoms with Crippen molar-refractivity contribution in [1.29, 1.82) is 0 Å². The molecule has 1 N–H and O–H groups in total. The van der Waals surface area contributed by atoms with Crippen molar-refractivity contribution in [2.75, 3.05) is 12.4 Å². The average Bonchev–Trinajstić information content (AvgIpc) is 2.85. The average molecular weight is 247 g/mol. The van der Waals surface area contributed by atoms with Crippen LogP contribution in [0.5, 0.6) is 5.75 Å². The molecule has 0 saturated carbocycles. The standard InChI is InChI=1S/C12H17N5O/c1-3-8-17-12(14-15-16-17)9-18-11-6-4-10(13-2)5-7-11/h4-7,13H,3,8-9H2,1-2H3. The summed E-state index contributed by atoms with van der Waals surface area (Å²) in [6, 6.07) is 7.76. The largest absolute Gasteiger partial charge is 0.486 e. The van der Waals surface area contributed by atoms with Crippen LogP contribution < -0.4 is 10.1 Å². The normalized spacial score (nSPS) is 10.3. The minimum atomic E-state index is 0.381. The predicted octanol–water partition coefficient (Wildman–Crippen LogP) is 1.70. The Kier molecular flexibility index (Phi) is 4.11. The number of aryl methyl sites for hydroxylation is 1. The van der Waals surface area contributed by atoms with E-state index in [-0.39, 0.29) is 0 Å². The molecule has 2 rings (SSSR count). The lowest BCUT2D eigenvalue weighted by molar-refractivity contribution is 0.286. The Hall–Kier alpha value is -2.11. The number of nitrogens with one attached hydrogen (secondary N) is 1. The van der Waals surface area contributed by atoms with Crippen molar-refractivity contribution in [3.8, 4) is 5.75 Å². The van der Waals surface area contributed by atoms with Gasteiger partial charge in [0.15, 0.2) is 5.82 Å². The first kappa shape index (κ1) is 12.3. The van der Waals surface area contributed by atoms with Crippen LogP contribution in [0.25, 0.3) is 0 Å². The Morgan fingerprint density at radius 2 is 2.06 bits per heavy atom. The Balaban J connectivity index is 1.95. The highest BCUT2D eigenvalue weighted by Crippen LogP contribution is 2.16. The van der Waals surface area contributed by atoms with Gasteiger partial charge in [0.05, 0.1) is 0 Å². The topological polar surface area (TPSA) is 64.9 Å². The van der Waals surface area contributed by atoms with E-state index >= 15 is 0 Å². The summed E-state index contributed by atoms with van der Waals surface area (Å²) in [5.41, 5.74) is 1.05. The monoisotopic (exact) mass is 247 g/mol. The van der Waals surface area contributed by atoms with Crippen LogP contribution in [0.1, 0.15) is 19.2 Å². The molecule has 1 aromatic carbocycles. The van der Waals surface area contributed by atoms with Crippen LogP contribution in [0.2, 0.25) is 0 Å². The number of hydrogen-bond donors (Lipinski definition) is 1. The van der Waals surface area contributed by atoms with Crippen molar-refractivity contribution in [1.82, 2.24) is 20.2 Å². The fourth-order valence-electron chi connectivity index (χ4n) is 1.58. The van der Waals surface area contributed by atoms with E-state index in [2.05, 4.69) is 27.8 Å². The molecule has 0 aliphatic heterocycles. The molecule has 18 heavy (non-hydrogen) atoms. The Labute approximate surface area is 106 Å². The Bertz CT molecular complexity index is 479. The Morgan fingerprint density at radius 3 is 2.72 bits per heavy atom. The van der Waals surface area contributed by atoms with Crippen molar-refractivity contribution in [2.45, 2.75) is 26.5 Å². The van der Waals surface area contributed by atoms with E-state index in [0.29, 0.717) is 6.61 Å². The molecule has 1 aromatic heterocycles. The summed E-state index contributed by atoms with van der Waals surface area (Å²) in [4.78, 5) is 0. The molecule has 0 atom stereocenters. The van der Waals surface area contributed by atoms with Crippen LogP contribution in [0.3, 0.4) is 0 Å². The molecule has 0 radical (unpaired) electrons. The highest BCUT2D eigenvalue weighted by Gasteiger charge is 2.05. The van der Waals surface area contributed by atoms with Crippen LogP contribution in [0, 0.1) is 0 Å². The fourth-order valence-corrected chi connectivity index (χ4v) is 1.58. The number of tetrazole rings is 1. The quantitative estimate of drug-likeness (QED) is 0.841. The van der Waals surface area contributed by atoms with Gasteiger partial charge in [-0.05, 0) is 41.1 Å². The number of benzene rings is 1. The maximum atomic E-state index is 5.65. The van der Waals surface area contributed by atoms with Crippen molar-refractivity contribution >= 4 is 5.69 Å². The Morgan fingerprint density at radius 1 is 1.28 bits per heavy atom. The first-order valence-corrected chi connectivity index (χ1v) is 5.99. The third-order valence-electron chi connectivity index (χ3n) is 2.55. The van der Waals surface area contributed by atoms with Gasteiger partial charge in [0.25, 0.3) is 0 Å². The molecular formula is C12H17N5O. The third kappa shape index (κ3) is 2.97. The summed E-state index contributed by atoms with van der Waals surface area (Å²) < 4.78 is 7.41. The summed E-state index contributed by atoms with van der Waals surface area (Å²) >= 11 is 0. The minimum Gasteiger partial charge on any atom is -0.486 e. The number of hydrogen-bond acceptors (Lipinski definition) is 5. The molecule has 0 fully saturated rings. The summed E-state index contributed by atoms with van der Waals surface area (Å²) in [5, 5.41) is 14.6. The van der Waals surface area contributed by atoms with E-state index in [1.807, 2.05) is 31.3 Å². The summed E-state index contributed by atoms with van der Waals surface area (Å²) in [6.45, 7) is 3.28. The van der Waals surface area contributed by atoms with E-state index in [0.717, 1.165) is 30.2 Å². The minimum absolute atomic E-state index is 0.381. The summed E-state index contributed by atoms with van der Waals surface area (Å²) in [7, 11) is 1.88. The van der Waals surface area contributed by atoms with Gasteiger partial charge in [0.2, 0.25) is 0 Å². The van der Waals surface area contributed by atoms with Gasteiger partial charge >= 0.3 is 0 Å². The molecular weight excluding hydrogens is 230 g/mol. The van der Waals surface area contributed by atoms with Gasteiger partial charge in [-0.3, -0.25) is 0 Å². The number of rotatable bonds is 6. The number of aromatic nitrogens is 4. The maximum Gasteiger partial charge on any atom is 0.189 e. The zero-order chi connectivity index (χ0) is 12.8. The smallest absolute Gasteiger partial charge is 0.189 e. The van der Waals surface area contributed by atoms with Gasteiger partial charge in [-0.15, -0.1) is 5.10 Å². The number of ether oxygens (including phenoxy) is 1. The zero-order valence-electron chi connectivity index (χ0n) is 10.6. The second-order valence-electron chi connectivity index (χ2n) is 3.88. The zero-order valence-corrected chi connectivity index (χ0v) is 10.6. The molecule has 0 aliphatic rings. The van der Waals surface area contributed by atoms with Gasteiger partial charge in [-0.1, -0.05) is 6.92 Å². The van der Waals surface area contributed by atoms with Gasteiger partial charge < -0.3 is 10.1 Å². The van der Waals surface area contributed by atoms with E-state index in [1.165, 1.54) is 0 Å². The van der Waals surface area contributed by atoms with Crippen LogP contribution in [-0.2, 0) is 13.2 Å². The number of anilines is 1. The van der Waals surface area contributed by atoms with Crippen LogP contribution in [-0.4, -0.2) is 27.3 Å². The van der Waals surface area contributed by atoms with Crippen molar-refractivity contribution in [3.63, 3.8) is 0 Å². The molecule has 0 spiro atoms. The summed E-state index contributed by atoms with van der Waals surface area (Å²) in [5.74, 6) is 1.55. The molecule has 0 bridgehead atoms. The van der Waals surface area contributed by atoms with Gasteiger partial charge in [-0.25, -0.2) is 4.68 Å². The predicted molar refractivity (Wildman–Crippen MR) is 68.4 cm³/mol. The first-order valence-electron chi connectivity index (χ1n) is 5.99. The molecule has 0 unspecified atom stereocenters. The van der Waals surface area contributed by atoms with Crippen LogP contribution in [0.15, 0.2) is 24.3 Å². The SMILES string of the molecule is CCCn1nnnc1COc1ccc(NC)cc1. The summed E-state index contributed by atoms with van der Waals surface area (Å²) in [6.07, 6.45) is 0.995. The highest BCUT2D eigenvalue weighted by molar-refractivity contribution is 5.45. The van der Waals surface area contributed by atoms with Gasteiger partial charge in [-0.2, -0.15) is 0 Å². The molecule has 96 valence electrons. The second kappa shape index (κ2) is 6.00. The molecule has 2 aromatic rings. The molecule has 6 heteroatoms. The lowest BCUT2D eigenvalue weighted by atomic mass is 10.3. The molecule has 0 amide bonds.